The molecular formula is C16H19FN4O. The summed E-state index contributed by atoms with van der Waals surface area (Å²) >= 11 is 0. The van der Waals surface area contributed by atoms with Crippen LogP contribution < -0.4 is 4.90 Å². The number of rotatable bonds is 3. The van der Waals surface area contributed by atoms with Crippen LogP contribution in [0.25, 0.3) is 0 Å². The third-order valence-electron chi connectivity index (χ3n) is 4.11. The summed E-state index contributed by atoms with van der Waals surface area (Å²) in [5, 5.41) is 0. The van der Waals surface area contributed by atoms with E-state index in [1.165, 1.54) is 6.07 Å². The second kappa shape index (κ2) is 6.17. The highest BCUT2D eigenvalue weighted by Gasteiger charge is 2.26. The topological polar surface area (TPSA) is 41.4 Å². The molecule has 0 N–H and O–H groups in total. The normalized spacial score (nSPS) is 16.6. The van der Waals surface area contributed by atoms with E-state index in [1.54, 1.807) is 35.4 Å². The molecule has 0 radical (unpaired) electrons. The maximum atomic E-state index is 13.8. The molecule has 1 unspecified atom stereocenters. The molecule has 0 bridgehead atoms. The van der Waals surface area contributed by atoms with E-state index in [9.17, 15) is 9.18 Å². The first-order valence-electron chi connectivity index (χ1n) is 7.42. The molecule has 2 heterocycles. The van der Waals surface area contributed by atoms with Crippen LogP contribution >= 0.6 is 0 Å². The van der Waals surface area contributed by atoms with Gasteiger partial charge in [0.1, 0.15) is 11.9 Å². The number of nitrogens with zero attached hydrogens (tertiary/aromatic N) is 4. The van der Waals surface area contributed by atoms with Gasteiger partial charge in [-0.1, -0.05) is 12.1 Å². The van der Waals surface area contributed by atoms with Crippen LogP contribution in [-0.4, -0.2) is 46.5 Å². The molecule has 5 nitrogen and oxygen atoms in total. The third-order valence-corrected chi connectivity index (χ3v) is 4.11. The van der Waals surface area contributed by atoms with E-state index in [2.05, 4.69) is 4.98 Å². The molecule has 0 saturated carbocycles. The van der Waals surface area contributed by atoms with Gasteiger partial charge in [-0.05, 0) is 19.1 Å². The smallest absolute Gasteiger partial charge is 0.245 e. The molecule has 1 atom stereocenters. The number of benzene rings is 1. The molecule has 1 fully saturated rings. The van der Waals surface area contributed by atoms with Crippen LogP contribution in [0.1, 0.15) is 13.0 Å². The summed E-state index contributed by atoms with van der Waals surface area (Å²) < 4.78 is 15.6. The van der Waals surface area contributed by atoms with Crippen molar-refractivity contribution in [1.29, 1.82) is 0 Å². The van der Waals surface area contributed by atoms with E-state index in [1.807, 2.05) is 22.8 Å². The fourth-order valence-corrected chi connectivity index (χ4v) is 2.77. The molecule has 1 aliphatic rings. The zero-order valence-corrected chi connectivity index (χ0v) is 12.5. The summed E-state index contributed by atoms with van der Waals surface area (Å²) in [4.78, 5) is 20.3. The number of imidazole rings is 1. The first kappa shape index (κ1) is 14.6. The number of hydrogen-bond donors (Lipinski definition) is 0. The number of para-hydroxylation sites is 1. The van der Waals surface area contributed by atoms with Crippen molar-refractivity contribution in [3.63, 3.8) is 0 Å². The first-order valence-corrected chi connectivity index (χ1v) is 7.42. The highest BCUT2D eigenvalue weighted by molar-refractivity contribution is 5.80. The van der Waals surface area contributed by atoms with Gasteiger partial charge >= 0.3 is 0 Å². The van der Waals surface area contributed by atoms with Crippen molar-refractivity contribution in [3.8, 4) is 0 Å². The van der Waals surface area contributed by atoms with Gasteiger partial charge in [-0.15, -0.1) is 0 Å². The molecular weight excluding hydrogens is 283 g/mol. The van der Waals surface area contributed by atoms with Gasteiger partial charge in [0.15, 0.2) is 0 Å². The highest BCUT2D eigenvalue weighted by Crippen LogP contribution is 2.21. The van der Waals surface area contributed by atoms with Gasteiger partial charge in [-0.25, -0.2) is 9.37 Å². The maximum Gasteiger partial charge on any atom is 0.245 e. The van der Waals surface area contributed by atoms with Crippen molar-refractivity contribution < 1.29 is 9.18 Å². The fraction of sp³-hybridized carbons (Fsp3) is 0.375. The predicted octanol–water partition coefficient (Wildman–Crippen LogP) is 1.93. The maximum absolute atomic E-state index is 13.8. The summed E-state index contributed by atoms with van der Waals surface area (Å²) in [5.41, 5.74) is 0.609. The summed E-state index contributed by atoms with van der Waals surface area (Å²) in [6, 6.07) is 6.50. The monoisotopic (exact) mass is 302 g/mol. The Morgan fingerprint density at radius 1 is 1.23 bits per heavy atom. The van der Waals surface area contributed by atoms with E-state index in [4.69, 9.17) is 0 Å². The van der Waals surface area contributed by atoms with Crippen LogP contribution in [0, 0.1) is 5.82 Å². The van der Waals surface area contributed by atoms with Crippen molar-refractivity contribution in [2.45, 2.75) is 13.0 Å². The number of anilines is 1. The van der Waals surface area contributed by atoms with Crippen LogP contribution in [0.5, 0.6) is 0 Å². The largest absolute Gasteiger partial charge is 0.366 e. The van der Waals surface area contributed by atoms with Crippen LogP contribution in [-0.2, 0) is 4.79 Å². The van der Waals surface area contributed by atoms with Gasteiger partial charge in [0.2, 0.25) is 5.91 Å². The number of amides is 1. The Labute approximate surface area is 129 Å². The molecule has 1 aliphatic heterocycles. The second-order valence-corrected chi connectivity index (χ2v) is 5.45. The number of carbonyl (C=O) groups excluding carboxylic acids is 1. The number of piperazine rings is 1. The van der Waals surface area contributed by atoms with Crippen molar-refractivity contribution >= 4 is 11.6 Å². The Hall–Kier alpha value is -2.37. The van der Waals surface area contributed by atoms with E-state index in [0.29, 0.717) is 31.9 Å². The highest BCUT2D eigenvalue weighted by atomic mass is 19.1. The molecule has 1 aromatic carbocycles. The lowest BCUT2D eigenvalue weighted by Gasteiger charge is -2.37. The molecule has 6 heteroatoms. The number of hydrogen-bond acceptors (Lipinski definition) is 3. The van der Waals surface area contributed by atoms with Gasteiger partial charge in [0.05, 0.1) is 12.0 Å². The summed E-state index contributed by atoms with van der Waals surface area (Å²) in [6.45, 7) is 4.36. The van der Waals surface area contributed by atoms with E-state index in [0.717, 1.165) is 0 Å². The number of halogens is 1. The van der Waals surface area contributed by atoms with Gasteiger partial charge < -0.3 is 14.4 Å². The lowest BCUT2D eigenvalue weighted by atomic mass is 10.2. The third kappa shape index (κ3) is 2.81. The molecule has 3 rings (SSSR count). The average molecular weight is 302 g/mol. The lowest BCUT2D eigenvalue weighted by molar-refractivity contribution is -0.134. The van der Waals surface area contributed by atoms with Crippen LogP contribution in [0.3, 0.4) is 0 Å². The molecule has 1 saturated heterocycles. The van der Waals surface area contributed by atoms with Crippen molar-refractivity contribution in [2.75, 3.05) is 31.1 Å². The molecule has 0 spiro atoms. The zero-order valence-electron chi connectivity index (χ0n) is 12.5. The van der Waals surface area contributed by atoms with Crippen LogP contribution in [0.2, 0.25) is 0 Å². The first-order chi connectivity index (χ1) is 10.7. The summed E-state index contributed by atoms with van der Waals surface area (Å²) in [7, 11) is 0. The number of aromatic nitrogens is 2. The van der Waals surface area contributed by atoms with Gasteiger partial charge in [-0.2, -0.15) is 0 Å². The van der Waals surface area contributed by atoms with Crippen LogP contribution in [0.4, 0.5) is 10.1 Å². The van der Waals surface area contributed by atoms with Crippen LogP contribution in [0.15, 0.2) is 43.0 Å². The van der Waals surface area contributed by atoms with Crippen molar-refractivity contribution in [3.05, 3.63) is 48.8 Å². The Kier molecular flexibility index (Phi) is 4.09. The quantitative estimate of drug-likeness (QED) is 0.870. The second-order valence-electron chi connectivity index (χ2n) is 5.45. The summed E-state index contributed by atoms with van der Waals surface area (Å²) in [5.74, 6) is -0.139. The molecule has 116 valence electrons. The fourth-order valence-electron chi connectivity index (χ4n) is 2.77. The standard InChI is InChI=1S/C16H19FN4O/c1-13(21-7-6-18-12-21)16(22)20-10-8-19(9-11-20)15-5-3-2-4-14(15)17/h2-7,12-13H,8-11H2,1H3. The Balaban J connectivity index is 1.62. The van der Waals surface area contributed by atoms with Gasteiger partial charge in [0.25, 0.3) is 0 Å². The Morgan fingerprint density at radius 2 is 1.95 bits per heavy atom. The van der Waals surface area contributed by atoms with Crippen molar-refractivity contribution in [2.24, 2.45) is 0 Å². The minimum Gasteiger partial charge on any atom is -0.366 e. The predicted molar refractivity (Wildman–Crippen MR) is 82.1 cm³/mol. The molecule has 2 aromatic rings. The average Bonchev–Trinajstić information content (AvgIpc) is 3.09. The Bertz CT molecular complexity index is 635. The SMILES string of the molecule is CC(C(=O)N1CCN(c2ccccc2F)CC1)n1ccnc1. The van der Waals surface area contributed by atoms with Crippen molar-refractivity contribution in [1.82, 2.24) is 14.5 Å². The minimum absolute atomic E-state index is 0.0752. The molecule has 1 aromatic heterocycles. The summed E-state index contributed by atoms with van der Waals surface area (Å²) in [6.07, 6.45) is 5.11. The van der Waals surface area contributed by atoms with Gasteiger partial charge in [0, 0.05) is 38.6 Å². The Morgan fingerprint density at radius 3 is 2.59 bits per heavy atom. The lowest BCUT2D eigenvalue weighted by Crippen LogP contribution is -2.50. The minimum atomic E-state index is -0.262. The molecule has 22 heavy (non-hydrogen) atoms. The zero-order chi connectivity index (χ0) is 15.5. The molecule has 0 aliphatic carbocycles. The number of carbonyl (C=O) groups is 1. The van der Waals surface area contributed by atoms with E-state index < -0.39 is 0 Å². The van der Waals surface area contributed by atoms with Gasteiger partial charge in [-0.3, -0.25) is 4.79 Å². The molecule has 1 amide bonds. The van der Waals surface area contributed by atoms with E-state index in [-0.39, 0.29) is 17.8 Å². The van der Waals surface area contributed by atoms with E-state index >= 15 is 0 Å².